The summed E-state index contributed by atoms with van der Waals surface area (Å²) < 4.78 is 5.24. The van der Waals surface area contributed by atoms with Crippen LogP contribution in [0.1, 0.15) is 56.2 Å². The number of aromatic nitrogens is 1. The topological polar surface area (TPSA) is 58.4 Å². The molecule has 0 bridgehead atoms. The molecule has 0 saturated carbocycles. The van der Waals surface area contributed by atoms with Crippen LogP contribution in [0, 0.1) is 19.8 Å². The lowest BCUT2D eigenvalue weighted by Crippen LogP contribution is -2.40. The van der Waals surface area contributed by atoms with Crippen LogP contribution in [-0.2, 0) is 0 Å². The predicted molar refractivity (Wildman–Crippen MR) is 77.5 cm³/mol. The van der Waals surface area contributed by atoms with Gasteiger partial charge in [0.2, 0.25) is 0 Å². The van der Waals surface area contributed by atoms with Crippen LogP contribution in [0.2, 0.25) is 0 Å². The highest BCUT2D eigenvalue weighted by atomic mass is 16.5. The summed E-state index contributed by atoms with van der Waals surface area (Å²) in [5.41, 5.74) is 1.98. The van der Waals surface area contributed by atoms with Crippen molar-refractivity contribution in [2.45, 2.75) is 53.0 Å². The van der Waals surface area contributed by atoms with Crippen LogP contribution < -0.4 is 5.32 Å². The number of carbonyl (C=O) groups excluding carboxylic acids is 1. The van der Waals surface area contributed by atoms with Crippen molar-refractivity contribution in [1.82, 2.24) is 15.4 Å². The maximum absolute atomic E-state index is 12.3. The van der Waals surface area contributed by atoms with E-state index in [4.69, 9.17) is 4.52 Å². The number of hydrogen-bond donors (Lipinski definition) is 1. The van der Waals surface area contributed by atoms with E-state index in [1.165, 1.54) is 0 Å². The largest absolute Gasteiger partial charge is 0.361 e. The van der Waals surface area contributed by atoms with Crippen molar-refractivity contribution in [1.29, 1.82) is 0 Å². The van der Waals surface area contributed by atoms with Crippen molar-refractivity contribution < 1.29 is 9.32 Å². The molecule has 5 nitrogen and oxygen atoms in total. The lowest BCUT2D eigenvalue weighted by Gasteiger charge is -2.25. The van der Waals surface area contributed by atoms with Gasteiger partial charge in [-0.1, -0.05) is 19.0 Å². The highest BCUT2D eigenvalue weighted by Gasteiger charge is 2.33. The summed E-state index contributed by atoms with van der Waals surface area (Å²) in [5.74, 6) is 1.43. The van der Waals surface area contributed by atoms with Crippen LogP contribution in [0.25, 0.3) is 0 Å². The van der Waals surface area contributed by atoms with Crippen LogP contribution in [0.15, 0.2) is 4.52 Å². The number of likely N-dealkylation sites (tertiary alicyclic amines) is 1. The van der Waals surface area contributed by atoms with Crippen molar-refractivity contribution in [3.63, 3.8) is 0 Å². The molecule has 1 aliphatic heterocycles. The smallest absolute Gasteiger partial charge is 0.317 e. The summed E-state index contributed by atoms with van der Waals surface area (Å²) in [6.45, 7) is 9.73. The number of aryl methyl sites for hydroxylation is 2. The Bertz CT molecular complexity index is 448. The molecule has 1 aliphatic rings. The first-order valence-corrected chi connectivity index (χ1v) is 7.48. The summed E-state index contributed by atoms with van der Waals surface area (Å²) in [6, 6.07) is 0.147. The molecule has 1 fully saturated rings. The summed E-state index contributed by atoms with van der Waals surface area (Å²) >= 11 is 0. The van der Waals surface area contributed by atoms with E-state index < -0.39 is 0 Å². The zero-order chi connectivity index (χ0) is 14.7. The molecule has 112 valence electrons. The van der Waals surface area contributed by atoms with Crippen molar-refractivity contribution >= 4 is 6.03 Å². The van der Waals surface area contributed by atoms with Crippen LogP contribution in [0.3, 0.4) is 0 Å². The Morgan fingerprint density at radius 1 is 1.50 bits per heavy atom. The van der Waals surface area contributed by atoms with Gasteiger partial charge in [0.1, 0.15) is 5.76 Å². The first-order valence-electron chi connectivity index (χ1n) is 7.48. The summed E-state index contributed by atoms with van der Waals surface area (Å²) in [6.07, 6.45) is 3.03. The molecule has 5 heteroatoms. The number of nitrogens with zero attached hydrogens (tertiary/aromatic N) is 2. The molecule has 1 saturated heterocycles. The SMILES string of the molecule is Cc1noc(C)c1[C@@H]1CCCN1C(=O)NCCC(C)C. The van der Waals surface area contributed by atoms with Gasteiger partial charge in [-0.3, -0.25) is 0 Å². The Labute approximate surface area is 120 Å². The molecule has 0 spiro atoms. The normalized spacial score (nSPS) is 18.9. The second-order valence-electron chi connectivity index (χ2n) is 6.00. The van der Waals surface area contributed by atoms with E-state index in [-0.39, 0.29) is 12.1 Å². The molecule has 1 aromatic rings. The highest BCUT2D eigenvalue weighted by molar-refractivity contribution is 5.75. The monoisotopic (exact) mass is 279 g/mol. The highest BCUT2D eigenvalue weighted by Crippen LogP contribution is 2.35. The minimum Gasteiger partial charge on any atom is -0.361 e. The summed E-state index contributed by atoms with van der Waals surface area (Å²) in [4.78, 5) is 14.2. The van der Waals surface area contributed by atoms with Gasteiger partial charge in [0.25, 0.3) is 0 Å². The Morgan fingerprint density at radius 2 is 2.25 bits per heavy atom. The molecule has 20 heavy (non-hydrogen) atoms. The number of nitrogens with one attached hydrogen (secondary N) is 1. The minimum absolute atomic E-state index is 0.0353. The number of rotatable bonds is 4. The third-order valence-corrected chi connectivity index (χ3v) is 3.93. The third-order valence-electron chi connectivity index (χ3n) is 3.93. The van der Waals surface area contributed by atoms with E-state index in [9.17, 15) is 4.79 Å². The number of hydrogen-bond acceptors (Lipinski definition) is 3. The first-order chi connectivity index (χ1) is 9.50. The van der Waals surface area contributed by atoms with E-state index in [0.29, 0.717) is 5.92 Å². The Morgan fingerprint density at radius 3 is 2.85 bits per heavy atom. The fourth-order valence-electron chi connectivity index (χ4n) is 2.85. The van der Waals surface area contributed by atoms with E-state index in [2.05, 4.69) is 24.3 Å². The minimum atomic E-state index is 0.0353. The second kappa shape index (κ2) is 6.29. The Kier molecular flexibility index (Phi) is 4.68. The first kappa shape index (κ1) is 14.9. The van der Waals surface area contributed by atoms with E-state index in [1.54, 1.807) is 0 Å². The fourth-order valence-corrected chi connectivity index (χ4v) is 2.85. The van der Waals surface area contributed by atoms with Crippen LogP contribution in [-0.4, -0.2) is 29.2 Å². The van der Waals surface area contributed by atoms with Crippen molar-refractivity contribution in [2.75, 3.05) is 13.1 Å². The number of carbonyl (C=O) groups is 1. The maximum atomic E-state index is 12.3. The maximum Gasteiger partial charge on any atom is 0.317 e. The van der Waals surface area contributed by atoms with Crippen LogP contribution in [0.5, 0.6) is 0 Å². The van der Waals surface area contributed by atoms with Gasteiger partial charge in [-0.05, 0) is 39.0 Å². The Balaban J connectivity index is 2.02. The lowest BCUT2D eigenvalue weighted by atomic mass is 10.0. The molecule has 2 amide bonds. The quantitative estimate of drug-likeness (QED) is 0.921. The molecule has 0 aromatic carbocycles. The van der Waals surface area contributed by atoms with Gasteiger partial charge < -0.3 is 14.7 Å². The van der Waals surface area contributed by atoms with Crippen LogP contribution >= 0.6 is 0 Å². The molecular formula is C15H25N3O2. The van der Waals surface area contributed by atoms with Gasteiger partial charge in [-0.15, -0.1) is 0 Å². The van der Waals surface area contributed by atoms with E-state index >= 15 is 0 Å². The third kappa shape index (κ3) is 3.14. The molecule has 1 atom stereocenters. The van der Waals surface area contributed by atoms with Crippen molar-refractivity contribution in [2.24, 2.45) is 5.92 Å². The fraction of sp³-hybridized carbons (Fsp3) is 0.733. The average Bonchev–Trinajstić information content (AvgIpc) is 2.96. The van der Waals surface area contributed by atoms with Gasteiger partial charge in [0.05, 0.1) is 11.7 Å². The molecular weight excluding hydrogens is 254 g/mol. The molecule has 1 N–H and O–H groups in total. The van der Waals surface area contributed by atoms with Crippen molar-refractivity contribution in [3.8, 4) is 0 Å². The zero-order valence-corrected chi connectivity index (χ0v) is 12.9. The molecule has 0 radical (unpaired) electrons. The van der Waals surface area contributed by atoms with Crippen molar-refractivity contribution in [3.05, 3.63) is 17.0 Å². The second-order valence-corrected chi connectivity index (χ2v) is 6.00. The van der Waals surface area contributed by atoms with Gasteiger partial charge in [-0.25, -0.2) is 4.79 Å². The Hall–Kier alpha value is -1.52. The molecule has 1 aromatic heterocycles. The predicted octanol–water partition coefficient (Wildman–Crippen LogP) is 3.18. The van der Waals surface area contributed by atoms with Crippen LogP contribution in [0.4, 0.5) is 4.79 Å². The zero-order valence-electron chi connectivity index (χ0n) is 12.9. The summed E-state index contributed by atoms with van der Waals surface area (Å²) in [5, 5.41) is 7.03. The van der Waals surface area contributed by atoms with Gasteiger partial charge in [-0.2, -0.15) is 0 Å². The van der Waals surface area contributed by atoms with Gasteiger partial charge in [0.15, 0.2) is 0 Å². The molecule has 2 heterocycles. The molecule has 0 aliphatic carbocycles. The lowest BCUT2D eigenvalue weighted by molar-refractivity contribution is 0.192. The molecule has 0 unspecified atom stereocenters. The van der Waals surface area contributed by atoms with Gasteiger partial charge >= 0.3 is 6.03 Å². The number of urea groups is 1. The van der Waals surface area contributed by atoms with E-state index in [0.717, 1.165) is 49.4 Å². The molecule has 2 rings (SSSR count). The standard InChI is InChI=1S/C15H25N3O2/c1-10(2)7-8-16-15(19)18-9-5-6-13(18)14-11(3)17-20-12(14)4/h10,13H,5-9H2,1-4H3,(H,16,19)/t13-/m0/s1. The van der Waals surface area contributed by atoms with E-state index in [1.807, 2.05) is 18.7 Å². The summed E-state index contributed by atoms with van der Waals surface area (Å²) in [7, 11) is 0. The van der Waals surface area contributed by atoms with Gasteiger partial charge in [0, 0.05) is 18.7 Å². The average molecular weight is 279 g/mol. The number of amides is 2.